The van der Waals surface area contributed by atoms with Crippen molar-refractivity contribution in [1.82, 2.24) is 20.3 Å². The number of amides is 1. The molecule has 1 amide bonds. The van der Waals surface area contributed by atoms with Gasteiger partial charge in [-0.25, -0.2) is 0 Å². The lowest BCUT2D eigenvalue weighted by Crippen LogP contribution is -2.28. The molecule has 0 aliphatic rings. The van der Waals surface area contributed by atoms with Gasteiger partial charge in [0.1, 0.15) is 0 Å². The van der Waals surface area contributed by atoms with E-state index in [4.69, 9.17) is 4.74 Å². The molecule has 0 aliphatic heterocycles. The van der Waals surface area contributed by atoms with Crippen LogP contribution in [0.4, 0.5) is 11.9 Å². The van der Waals surface area contributed by atoms with Crippen LogP contribution in [0.1, 0.15) is 27.2 Å². The zero-order valence-electron chi connectivity index (χ0n) is 13.3. The minimum atomic E-state index is -0.0264. The van der Waals surface area contributed by atoms with Crippen molar-refractivity contribution in [1.29, 1.82) is 0 Å². The number of hydrogen-bond acceptors (Lipinski definition) is 7. The molecule has 1 aromatic heterocycles. The average Bonchev–Trinajstić information content (AvgIpc) is 2.43. The van der Waals surface area contributed by atoms with Crippen molar-refractivity contribution >= 4 is 17.8 Å². The highest BCUT2D eigenvalue weighted by atomic mass is 16.5. The zero-order chi connectivity index (χ0) is 15.8. The van der Waals surface area contributed by atoms with Crippen molar-refractivity contribution in [2.75, 3.05) is 37.4 Å². The van der Waals surface area contributed by atoms with Crippen LogP contribution in [-0.4, -0.2) is 54.1 Å². The summed E-state index contributed by atoms with van der Waals surface area (Å²) in [5.41, 5.74) is 0. The fraction of sp³-hybridized carbons (Fsp3) is 0.692. The molecule has 1 rings (SSSR count). The number of aromatic nitrogens is 3. The van der Waals surface area contributed by atoms with Gasteiger partial charge in [-0.3, -0.25) is 4.79 Å². The van der Waals surface area contributed by atoms with Crippen LogP contribution in [0.25, 0.3) is 0 Å². The fourth-order valence-corrected chi connectivity index (χ4v) is 1.51. The molecule has 0 aliphatic carbocycles. The van der Waals surface area contributed by atoms with E-state index in [9.17, 15) is 4.79 Å². The summed E-state index contributed by atoms with van der Waals surface area (Å²) in [6, 6.07) is 0.276. The first-order chi connectivity index (χ1) is 9.96. The Morgan fingerprint density at radius 2 is 2.05 bits per heavy atom. The molecule has 0 saturated carbocycles. The molecule has 0 fully saturated rings. The van der Waals surface area contributed by atoms with Crippen LogP contribution in [0, 0.1) is 0 Å². The second kappa shape index (κ2) is 8.23. The molecule has 8 heteroatoms. The van der Waals surface area contributed by atoms with E-state index in [1.807, 2.05) is 27.8 Å². The van der Waals surface area contributed by atoms with Crippen LogP contribution in [0.2, 0.25) is 0 Å². The summed E-state index contributed by atoms with van der Waals surface area (Å²) in [6.45, 7) is 6.99. The Hall–Kier alpha value is -2.12. The van der Waals surface area contributed by atoms with Crippen LogP contribution in [0.5, 0.6) is 6.01 Å². The van der Waals surface area contributed by atoms with Crippen molar-refractivity contribution < 1.29 is 9.53 Å². The summed E-state index contributed by atoms with van der Waals surface area (Å²) >= 11 is 0. The predicted molar refractivity (Wildman–Crippen MR) is 81.7 cm³/mol. The summed E-state index contributed by atoms with van der Waals surface area (Å²) in [5, 5.41) is 5.63. The molecule has 0 unspecified atom stereocenters. The lowest BCUT2D eigenvalue weighted by molar-refractivity contribution is -0.120. The highest BCUT2D eigenvalue weighted by Gasteiger charge is 2.13. The first-order valence-corrected chi connectivity index (χ1v) is 7.04. The minimum Gasteiger partial charge on any atom is -0.461 e. The Morgan fingerprint density at radius 3 is 2.62 bits per heavy atom. The van der Waals surface area contributed by atoms with Crippen LogP contribution < -0.4 is 20.3 Å². The molecule has 0 bridgehead atoms. The van der Waals surface area contributed by atoms with E-state index in [1.165, 1.54) is 0 Å². The summed E-state index contributed by atoms with van der Waals surface area (Å²) in [6.07, 6.45) is 0.348. The predicted octanol–water partition coefficient (Wildman–Crippen LogP) is 0.663. The van der Waals surface area contributed by atoms with Gasteiger partial charge in [0.15, 0.2) is 0 Å². The topological polar surface area (TPSA) is 92.3 Å². The highest BCUT2D eigenvalue weighted by molar-refractivity contribution is 5.76. The molecule has 0 atom stereocenters. The standard InChI is InChI=1S/C13H24N6O2/c1-6-15-11-16-12(18-13(17-11)21-9(2)3)19(5)8-7-10(20)14-4/h9H,6-8H2,1-5H3,(H,14,20)(H,15,16,17,18). The SMILES string of the molecule is CCNc1nc(OC(C)C)nc(N(C)CCC(=O)NC)n1. The van der Waals surface area contributed by atoms with Gasteiger partial charge in [0.2, 0.25) is 17.8 Å². The van der Waals surface area contributed by atoms with Gasteiger partial charge in [0, 0.05) is 33.6 Å². The van der Waals surface area contributed by atoms with Crippen LogP contribution in [0.3, 0.4) is 0 Å². The van der Waals surface area contributed by atoms with Crippen molar-refractivity contribution in [3.05, 3.63) is 0 Å². The van der Waals surface area contributed by atoms with Gasteiger partial charge < -0.3 is 20.3 Å². The third-order valence-corrected chi connectivity index (χ3v) is 2.57. The van der Waals surface area contributed by atoms with Crippen LogP contribution >= 0.6 is 0 Å². The normalized spacial score (nSPS) is 10.4. The molecule has 21 heavy (non-hydrogen) atoms. The largest absolute Gasteiger partial charge is 0.461 e. The van der Waals surface area contributed by atoms with Gasteiger partial charge in [0.25, 0.3) is 0 Å². The summed E-state index contributed by atoms with van der Waals surface area (Å²) in [4.78, 5) is 25.9. The third kappa shape index (κ3) is 5.80. The van der Waals surface area contributed by atoms with E-state index in [0.717, 1.165) is 0 Å². The van der Waals surface area contributed by atoms with Crippen LogP contribution in [-0.2, 0) is 4.79 Å². The second-order valence-corrected chi connectivity index (χ2v) is 4.78. The summed E-state index contributed by atoms with van der Waals surface area (Å²) in [7, 11) is 3.44. The molecular formula is C13H24N6O2. The Balaban J connectivity index is 2.87. The third-order valence-electron chi connectivity index (χ3n) is 2.57. The Morgan fingerprint density at radius 1 is 1.33 bits per heavy atom. The van der Waals surface area contributed by atoms with Crippen molar-refractivity contribution in [3.8, 4) is 6.01 Å². The number of nitrogens with one attached hydrogen (secondary N) is 2. The lowest BCUT2D eigenvalue weighted by Gasteiger charge is -2.18. The molecule has 0 aromatic carbocycles. The molecule has 1 heterocycles. The van der Waals surface area contributed by atoms with E-state index in [1.54, 1.807) is 11.9 Å². The summed E-state index contributed by atoms with van der Waals surface area (Å²) < 4.78 is 5.53. The number of carbonyl (C=O) groups is 1. The molecule has 8 nitrogen and oxygen atoms in total. The first kappa shape index (κ1) is 16.9. The van der Waals surface area contributed by atoms with Crippen molar-refractivity contribution in [3.63, 3.8) is 0 Å². The molecular weight excluding hydrogens is 272 g/mol. The van der Waals surface area contributed by atoms with E-state index in [2.05, 4.69) is 25.6 Å². The van der Waals surface area contributed by atoms with Gasteiger partial charge in [-0.2, -0.15) is 15.0 Å². The molecule has 0 spiro atoms. The average molecular weight is 296 g/mol. The number of rotatable bonds is 8. The maximum absolute atomic E-state index is 11.3. The Kier molecular flexibility index (Phi) is 6.64. The Bertz CT molecular complexity index is 466. The van der Waals surface area contributed by atoms with Gasteiger partial charge >= 0.3 is 6.01 Å². The van der Waals surface area contributed by atoms with Gasteiger partial charge in [-0.15, -0.1) is 0 Å². The van der Waals surface area contributed by atoms with Gasteiger partial charge in [0.05, 0.1) is 6.10 Å². The molecule has 0 saturated heterocycles. The maximum atomic E-state index is 11.3. The number of carbonyl (C=O) groups excluding carboxylic acids is 1. The highest BCUT2D eigenvalue weighted by Crippen LogP contribution is 2.15. The molecule has 2 N–H and O–H groups in total. The summed E-state index contributed by atoms with van der Waals surface area (Å²) in [5.74, 6) is 0.909. The molecule has 1 aromatic rings. The zero-order valence-corrected chi connectivity index (χ0v) is 13.3. The number of anilines is 2. The number of nitrogens with zero attached hydrogens (tertiary/aromatic N) is 4. The van der Waals surface area contributed by atoms with E-state index >= 15 is 0 Å². The number of hydrogen-bond donors (Lipinski definition) is 2. The smallest absolute Gasteiger partial charge is 0.323 e. The first-order valence-electron chi connectivity index (χ1n) is 7.04. The van der Waals surface area contributed by atoms with Crippen molar-refractivity contribution in [2.45, 2.75) is 33.3 Å². The van der Waals surface area contributed by atoms with E-state index in [-0.39, 0.29) is 18.0 Å². The number of ether oxygens (including phenoxy) is 1. The van der Waals surface area contributed by atoms with E-state index < -0.39 is 0 Å². The van der Waals surface area contributed by atoms with Gasteiger partial charge in [-0.1, -0.05) is 0 Å². The molecule has 118 valence electrons. The quantitative estimate of drug-likeness (QED) is 0.728. The molecule has 0 radical (unpaired) electrons. The van der Waals surface area contributed by atoms with E-state index in [0.29, 0.717) is 31.4 Å². The Labute approximate surface area is 125 Å². The lowest BCUT2D eigenvalue weighted by atomic mass is 10.4. The second-order valence-electron chi connectivity index (χ2n) is 4.78. The van der Waals surface area contributed by atoms with Crippen LogP contribution in [0.15, 0.2) is 0 Å². The van der Waals surface area contributed by atoms with Gasteiger partial charge in [-0.05, 0) is 20.8 Å². The fourth-order valence-electron chi connectivity index (χ4n) is 1.51. The minimum absolute atomic E-state index is 0.0223. The monoisotopic (exact) mass is 296 g/mol. The van der Waals surface area contributed by atoms with Crippen molar-refractivity contribution in [2.24, 2.45) is 0 Å². The maximum Gasteiger partial charge on any atom is 0.323 e.